The van der Waals surface area contributed by atoms with Gasteiger partial charge in [0.1, 0.15) is 36.9 Å². The second-order valence-electron chi connectivity index (χ2n) is 8.44. The molecule has 0 radical (unpaired) electrons. The number of hydrogen-bond donors (Lipinski definition) is 3. The maximum Gasteiger partial charge on any atom is 0.138 e. The van der Waals surface area contributed by atoms with Gasteiger partial charge >= 0.3 is 0 Å². The van der Waals surface area contributed by atoms with Gasteiger partial charge in [0.25, 0.3) is 0 Å². The third-order valence-electron chi connectivity index (χ3n) is 5.52. The summed E-state index contributed by atoms with van der Waals surface area (Å²) < 4.78 is 12.7. The van der Waals surface area contributed by atoms with Crippen LogP contribution in [0.5, 0.6) is 11.5 Å². The molecule has 3 rings (SSSR count). The van der Waals surface area contributed by atoms with Gasteiger partial charge in [-0.15, -0.1) is 16.7 Å². The van der Waals surface area contributed by atoms with Gasteiger partial charge in [0.15, 0.2) is 0 Å². The van der Waals surface area contributed by atoms with E-state index in [2.05, 4.69) is 24.2 Å². The molecule has 2 atom stereocenters. The minimum Gasteiger partial charge on any atom is -0.491 e. The van der Waals surface area contributed by atoms with Gasteiger partial charge in [-0.25, -0.2) is 4.68 Å². The van der Waals surface area contributed by atoms with Crippen LogP contribution in [0.25, 0.3) is 0 Å². The highest BCUT2D eigenvalue weighted by atomic mass is 35.5. The van der Waals surface area contributed by atoms with Crippen LogP contribution in [0, 0.1) is 0 Å². The molecule has 0 aliphatic carbocycles. The monoisotopic (exact) mass is 509 g/mol. The number of aromatic nitrogens is 3. The first-order chi connectivity index (χ1) is 16.2. The molecule has 3 aromatic rings. The van der Waals surface area contributed by atoms with Gasteiger partial charge in [-0.3, -0.25) is 0 Å². The van der Waals surface area contributed by atoms with Crippen molar-refractivity contribution >= 4 is 23.2 Å². The van der Waals surface area contributed by atoms with Crippen LogP contribution in [-0.4, -0.2) is 61.6 Å². The van der Waals surface area contributed by atoms with Crippen molar-refractivity contribution in [2.24, 2.45) is 0 Å². The minimum absolute atomic E-state index is 0.0724. The Hall–Kier alpha value is -2.36. The van der Waals surface area contributed by atoms with Gasteiger partial charge in [0, 0.05) is 5.41 Å². The molecule has 0 unspecified atom stereocenters. The number of alkyl halides is 1. The Bertz CT molecular complexity index is 1060. The largest absolute Gasteiger partial charge is 0.491 e. The molecule has 0 spiro atoms. The third-order valence-corrected chi connectivity index (χ3v) is 6.18. The highest BCUT2D eigenvalue weighted by Crippen LogP contribution is 2.36. The fourth-order valence-electron chi connectivity index (χ4n) is 3.37. The lowest BCUT2D eigenvalue weighted by atomic mass is 9.78. The van der Waals surface area contributed by atoms with Crippen molar-refractivity contribution in [1.29, 1.82) is 0 Å². The fourth-order valence-corrected chi connectivity index (χ4v) is 3.70. The smallest absolute Gasteiger partial charge is 0.138 e. The van der Waals surface area contributed by atoms with Crippen LogP contribution in [0.15, 0.2) is 48.7 Å². The first-order valence-electron chi connectivity index (χ1n) is 10.8. The zero-order chi connectivity index (χ0) is 24.7. The van der Waals surface area contributed by atoms with Gasteiger partial charge in [-0.2, -0.15) is 0 Å². The van der Waals surface area contributed by atoms with E-state index in [0.29, 0.717) is 22.2 Å². The summed E-state index contributed by atoms with van der Waals surface area (Å²) in [6.45, 7) is 4.30. The molecule has 34 heavy (non-hydrogen) atoms. The van der Waals surface area contributed by atoms with Crippen LogP contribution >= 0.6 is 23.2 Å². The van der Waals surface area contributed by atoms with Gasteiger partial charge in [0.05, 0.1) is 35.9 Å². The molecule has 184 valence electrons. The summed E-state index contributed by atoms with van der Waals surface area (Å²) in [5.41, 5.74) is 2.24. The molecule has 2 aromatic carbocycles. The second kappa shape index (κ2) is 11.9. The van der Waals surface area contributed by atoms with Crippen molar-refractivity contribution in [3.05, 3.63) is 70.5 Å². The number of hydrogen-bond acceptors (Lipinski definition) is 7. The Morgan fingerprint density at radius 3 is 2.32 bits per heavy atom. The van der Waals surface area contributed by atoms with Crippen molar-refractivity contribution in [2.75, 3.05) is 19.1 Å². The number of halogens is 2. The molecule has 0 aliphatic rings. The molecular formula is C24H29Cl2N3O5. The maximum absolute atomic E-state index is 10.2. The number of aliphatic hydroxyl groups is 3. The highest BCUT2D eigenvalue weighted by Gasteiger charge is 2.24. The summed E-state index contributed by atoms with van der Waals surface area (Å²) in [5.74, 6) is 1.21. The molecule has 8 nitrogen and oxygen atoms in total. The molecule has 0 saturated carbocycles. The van der Waals surface area contributed by atoms with Crippen LogP contribution in [0.3, 0.4) is 0 Å². The van der Waals surface area contributed by atoms with Gasteiger partial charge in [0.2, 0.25) is 0 Å². The van der Waals surface area contributed by atoms with E-state index < -0.39 is 12.2 Å². The Kier molecular flexibility index (Phi) is 9.16. The van der Waals surface area contributed by atoms with E-state index in [9.17, 15) is 15.3 Å². The topological polar surface area (TPSA) is 110 Å². The van der Waals surface area contributed by atoms with Crippen LogP contribution in [-0.2, 0) is 18.6 Å². The van der Waals surface area contributed by atoms with E-state index in [-0.39, 0.29) is 37.7 Å². The maximum atomic E-state index is 10.2. The quantitative estimate of drug-likeness (QED) is 0.321. The van der Waals surface area contributed by atoms with E-state index in [1.165, 1.54) is 10.9 Å². The lowest BCUT2D eigenvalue weighted by molar-refractivity contribution is 0.0866. The van der Waals surface area contributed by atoms with Crippen molar-refractivity contribution in [1.82, 2.24) is 15.0 Å². The molecule has 0 bridgehead atoms. The van der Waals surface area contributed by atoms with Crippen LogP contribution in [0.1, 0.15) is 30.7 Å². The van der Waals surface area contributed by atoms with Crippen LogP contribution in [0.2, 0.25) is 5.02 Å². The predicted molar refractivity (Wildman–Crippen MR) is 130 cm³/mol. The zero-order valence-corrected chi connectivity index (χ0v) is 20.6. The molecule has 1 aromatic heterocycles. The Balaban J connectivity index is 1.61. The van der Waals surface area contributed by atoms with Gasteiger partial charge in [-0.05, 0) is 35.4 Å². The summed E-state index contributed by atoms with van der Waals surface area (Å²) in [4.78, 5) is 0. The average Bonchev–Trinajstić information content (AvgIpc) is 3.28. The lowest BCUT2D eigenvalue weighted by Crippen LogP contribution is -2.25. The van der Waals surface area contributed by atoms with Crippen LogP contribution in [0.4, 0.5) is 0 Å². The molecule has 10 heteroatoms. The lowest BCUT2D eigenvalue weighted by Gasteiger charge is -2.27. The predicted octanol–water partition coefficient (Wildman–Crippen LogP) is 3.17. The molecule has 0 amide bonds. The molecule has 1 heterocycles. The standard InChI is InChI=1S/C24H29Cl2N3O5/c1-24(2,17-5-8-23(22(26)9-17)34-14-19(31)10-25)16-3-6-21(7-4-16)33-15-20(32)12-29-18(13-30)11-27-28-29/h3-9,11,19-20,30-32H,10,12-15H2,1-2H3/t19-,20+/m1/s1. The summed E-state index contributed by atoms with van der Waals surface area (Å²) >= 11 is 12.0. The summed E-state index contributed by atoms with van der Waals surface area (Å²) in [6, 6.07) is 13.2. The number of rotatable bonds is 12. The molecular weight excluding hydrogens is 481 g/mol. The normalized spacial score (nSPS) is 13.5. The second-order valence-corrected chi connectivity index (χ2v) is 9.16. The molecule has 0 aliphatic heterocycles. The number of ether oxygens (including phenoxy) is 2. The van der Waals surface area contributed by atoms with E-state index in [1.807, 2.05) is 36.4 Å². The summed E-state index contributed by atoms with van der Waals surface area (Å²) in [5, 5.41) is 37.1. The number of nitrogens with zero attached hydrogens (tertiary/aromatic N) is 3. The van der Waals surface area contributed by atoms with Crippen molar-refractivity contribution in [3.63, 3.8) is 0 Å². The molecule has 0 fully saturated rings. The van der Waals surface area contributed by atoms with Crippen molar-refractivity contribution in [2.45, 2.75) is 44.6 Å². The zero-order valence-electron chi connectivity index (χ0n) is 19.1. The van der Waals surface area contributed by atoms with E-state index in [1.54, 1.807) is 6.07 Å². The summed E-state index contributed by atoms with van der Waals surface area (Å²) in [7, 11) is 0. The highest BCUT2D eigenvalue weighted by molar-refractivity contribution is 6.32. The average molecular weight is 510 g/mol. The van der Waals surface area contributed by atoms with Crippen LogP contribution < -0.4 is 9.47 Å². The van der Waals surface area contributed by atoms with E-state index in [0.717, 1.165) is 11.1 Å². The minimum atomic E-state index is -0.809. The SMILES string of the molecule is CC(C)(c1ccc(OC[C@@H](O)Cn2nncc2CO)cc1)c1ccc(OC[C@H](O)CCl)c(Cl)c1. The fraction of sp³-hybridized carbons (Fsp3) is 0.417. The first kappa shape index (κ1) is 26.2. The van der Waals surface area contributed by atoms with E-state index >= 15 is 0 Å². The molecule has 3 N–H and O–H groups in total. The Morgan fingerprint density at radius 1 is 1.00 bits per heavy atom. The summed E-state index contributed by atoms with van der Waals surface area (Å²) in [6.07, 6.45) is -0.110. The van der Waals surface area contributed by atoms with Crippen molar-refractivity contribution < 1.29 is 24.8 Å². The van der Waals surface area contributed by atoms with E-state index in [4.69, 9.17) is 32.7 Å². The third kappa shape index (κ3) is 6.61. The Morgan fingerprint density at radius 2 is 1.68 bits per heavy atom. The first-order valence-corrected chi connectivity index (χ1v) is 11.7. The Labute approximate surface area is 208 Å². The molecule has 0 saturated heterocycles. The number of benzene rings is 2. The number of aliphatic hydroxyl groups excluding tert-OH is 3. The van der Waals surface area contributed by atoms with Crippen molar-refractivity contribution in [3.8, 4) is 11.5 Å². The van der Waals surface area contributed by atoms with Gasteiger partial charge in [-0.1, -0.05) is 48.9 Å². The van der Waals surface area contributed by atoms with Gasteiger partial charge < -0.3 is 24.8 Å².